The maximum atomic E-state index is 13.5. The van der Waals surface area contributed by atoms with E-state index in [9.17, 15) is 19.5 Å². The number of hydrogen-bond donors (Lipinski definition) is 1. The third kappa shape index (κ3) is 4.67. The van der Waals surface area contributed by atoms with Gasteiger partial charge in [0.1, 0.15) is 23.9 Å². The van der Waals surface area contributed by atoms with Gasteiger partial charge in [0.25, 0.3) is 11.7 Å². The molecule has 200 valence electrons. The number of ether oxygens (including phenoxy) is 3. The fourth-order valence-corrected chi connectivity index (χ4v) is 4.83. The molecule has 9 heteroatoms. The van der Waals surface area contributed by atoms with E-state index in [-0.39, 0.29) is 17.9 Å². The van der Waals surface area contributed by atoms with Crippen LogP contribution in [0.2, 0.25) is 0 Å². The van der Waals surface area contributed by atoms with Crippen molar-refractivity contribution >= 4 is 34.8 Å². The summed E-state index contributed by atoms with van der Waals surface area (Å²) in [7, 11) is 3.46. The molecule has 1 saturated heterocycles. The van der Waals surface area contributed by atoms with Gasteiger partial charge < -0.3 is 24.2 Å². The maximum absolute atomic E-state index is 13.5. The Kier molecular flexibility index (Phi) is 6.98. The molecule has 3 aromatic carbocycles. The Balaban J connectivity index is 1.63. The fourth-order valence-electron chi connectivity index (χ4n) is 4.83. The van der Waals surface area contributed by atoms with Crippen LogP contribution in [-0.2, 0) is 14.3 Å². The molecule has 1 atom stereocenters. The number of benzene rings is 3. The molecule has 1 fully saturated rings. The van der Waals surface area contributed by atoms with Gasteiger partial charge in [-0.25, -0.2) is 4.79 Å². The van der Waals surface area contributed by atoms with E-state index >= 15 is 0 Å². The van der Waals surface area contributed by atoms with Crippen molar-refractivity contribution in [2.24, 2.45) is 0 Å². The molecule has 5 rings (SSSR count). The SMILES string of the molecule is CCOC(=O)c1ccc(N2C(=O)C(=O)/C(=C(\O)c3ccc4c(c3)N(C)CCO4)C2c2ccc(OC)cc2)cc1. The summed E-state index contributed by atoms with van der Waals surface area (Å²) in [6, 6.07) is 17.4. The molecule has 1 unspecified atom stereocenters. The van der Waals surface area contributed by atoms with Crippen LogP contribution in [0.15, 0.2) is 72.3 Å². The molecule has 1 amide bonds. The second-order valence-corrected chi connectivity index (χ2v) is 9.16. The van der Waals surface area contributed by atoms with Crippen LogP contribution >= 0.6 is 0 Å². The van der Waals surface area contributed by atoms with Gasteiger partial charge in [0.05, 0.1) is 43.1 Å². The first-order valence-electron chi connectivity index (χ1n) is 12.5. The largest absolute Gasteiger partial charge is 0.507 e. The van der Waals surface area contributed by atoms with E-state index in [0.717, 1.165) is 5.69 Å². The Bertz CT molecular complexity index is 1460. The lowest BCUT2D eigenvalue weighted by atomic mass is 9.94. The molecule has 2 aliphatic heterocycles. The molecule has 39 heavy (non-hydrogen) atoms. The Morgan fingerprint density at radius 3 is 2.38 bits per heavy atom. The molecule has 0 spiro atoms. The van der Waals surface area contributed by atoms with E-state index in [2.05, 4.69) is 0 Å². The number of likely N-dealkylation sites (N-methyl/N-ethyl adjacent to an activating group) is 1. The number of Topliss-reactive ketones (excluding diaryl/α,β-unsaturated/α-hetero) is 1. The number of methoxy groups -OCH3 is 1. The molecular formula is C30H28N2O7. The van der Waals surface area contributed by atoms with E-state index in [4.69, 9.17) is 14.2 Å². The molecule has 0 aromatic heterocycles. The fraction of sp³-hybridized carbons (Fsp3) is 0.233. The Morgan fingerprint density at radius 2 is 1.72 bits per heavy atom. The summed E-state index contributed by atoms with van der Waals surface area (Å²) < 4.78 is 16.0. The zero-order chi connectivity index (χ0) is 27.7. The van der Waals surface area contributed by atoms with Crippen LogP contribution in [0.4, 0.5) is 11.4 Å². The molecule has 0 saturated carbocycles. The third-order valence-electron chi connectivity index (χ3n) is 6.86. The minimum Gasteiger partial charge on any atom is -0.507 e. The van der Waals surface area contributed by atoms with Crippen LogP contribution < -0.4 is 19.3 Å². The first kappa shape index (κ1) is 25.8. The van der Waals surface area contributed by atoms with E-state index in [0.29, 0.717) is 47.0 Å². The van der Waals surface area contributed by atoms with Gasteiger partial charge in [-0.05, 0) is 67.1 Å². The van der Waals surface area contributed by atoms with Crippen LogP contribution in [0.3, 0.4) is 0 Å². The number of carbonyl (C=O) groups is 3. The zero-order valence-electron chi connectivity index (χ0n) is 21.8. The highest BCUT2D eigenvalue weighted by Crippen LogP contribution is 2.43. The average molecular weight is 529 g/mol. The number of nitrogens with zero attached hydrogens (tertiary/aromatic N) is 2. The van der Waals surface area contributed by atoms with Crippen molar-refractivity contribution in [3.8, 4) is 11.5 Å². The van der Waals surface area contributed by atoms with Gasteiger partial charge >= 0.3 is 5.97 Å². The lowest BCUT2D eigenvalue weighted by Gasteiger charge is -2.28. The second kappa shape index (κ2) is 10.5. The average Bonchev–Trinajstić information content (AvgIpc) is 3.23. The molecule has 2 heterocycles. The first-order valence-corrected chi connectivity index (χ1v) is 12.5. The third-order valence-corrected chi connectivity index (χ3v) is 6.86. The van der Waals surface area contributed by atoms with Crippen molar-refractivity contribution in [3.63, 3.8) is 0 Å². The normalized spacial score (nSPS) is 18.0. The van der Waals surface area contributed by atoms with Gasteiger partial charge in [0, 0.05) is 18.3 Å². The summed E-state index contributed by atoms with van der Waals surface area (Å²) in [6.07, 6.45) is 0. The van der Waals surface area contributed by atoms with Crippen molar-refractivity contribution in [2.45, 2.75) is 13.0 Å². The number of anilines is 2. The number of amides is 1. The van der Waals surface area contributed by atoms with Crippen LogP contribution in [0.5, 0.6) is 11.5 Å². The topological polar surface area (TPSA) is 106 Å². The van der Waals surface area contributed by atoms with Gasteiger partial charge in [-0.15, -0.1) is 0 Å². The standard InChI is InChI=1S/C30H28N2O7/c1-4-38-30(36)19-5-10-21(11-6-19)32-26(18-7-12-22(37-3)13-8-18)25(28(34)29(32)35)27(33)20-9-14-24-23(17-20)31(2)15-16-39-24/h5-14,17,26,33H,4,15-16H2,1-3H3/b27-25-. The number of ketones is 1. The summed E-state index contributed by atoms with van der Waals surface area (Å²) in [5, 5.41) is 11.5. The number of hydrogen-bond acceptors (Lipinski definition) is 8. The van der Waals surface area contributed by atoms with Crippen molar-refractivity contribution in [1.82, 2.24) is 0 Å². The van der Waals surface area contributed by atoms with E-state index in [1.54, 1.807) is 68.6 Å². The summed E-state index contributed by atoms with van der Waals surface area (Å²) in [5.74, 6) is -1.10. The minimum atomic E-state index is -0.922. The summed E-state index contributed by atoms with van der Waals surface area (Å²) in [6.45, 7) is 3.17. The molecule has 9 nitrogen and oxygen atoms in total. The predicted molar refractivity (Wildman–Crippen MR) is 145 cm³/mol. The second-order valence-electron chi connectivity index (χ2n) is 9.16. The summed E-state index contributed by atoms with van der Waals surface area (Å²) in [5.41, 5.74) is 2.43. The van der Waals surface area contributed by atoms with Gasteiger partial charge in [-0.3, -0.25) is 14.5 Å². The maximum Gasteiger partial charge on any atom is 0.338 e. The number of carbonyl (C=O) groups excluding carboxylic acids is 3. The molecule has 3 aromatic rings. The van der Waals surface area contributed by atoms with Crippen LogP contribution in [0, 0.1) is 0 Å². The minimum absolute atomic E-state index is 0.0426. The lowest BCUT2D eigenvalue weighted by Crippen LogP contribution is -2.29. The predicted octanol–water partition coefficient (Wildman–Crippen LogP) is 4.33. The van der Waals surface area contributed by atoms with Crippen molar-refractivity contribution in [2.75, 3.05) is 43.7 Å². The molecule has 1 N–H and O–H groups in total. The first-order chi connectivity index (χ1) is 18.8. The highest BCUT2D eigenvalue weighted by Gasteiger charge is 2.47. The highest BCUT2D eigenvalue weighted by molar-refractivity contribution is 6.51. The molecule has 0 radical (unpaired) electrons. The Hall–Kier alpha value is -4.79. The van der Waals surface area contributed by atoms with Crippen LogP contribution in [0.25, 0.3) is 5.76 Å². The molecule has 0 bridgehead atoms. The van der Waals surface area contributed by atoms with Crippen LogP contribution in [0.1, 0.15) is 34.5 Å². The number of aliphatic hydroxyl groups excluding tert-OH is 1. The Labute approximate surface area is 225 Å². The number of aliphatic hydroxyl groups is 1. The van der Waals surface area contributed by atoms with E-state index in [1.165, 1.54) is 17.0 Å². The molecule has 0 aliphatic carbocycles. The van der Waals surface area contributed by atoms with Gasteiger partial charge in [-0.1, -0.05) is 12.1 Å². The highest BCUT2D eigenvalue weighted by atomic mass is 16.5. The van der Waals surface area contributed by atoms with Gasteiger partial charge in [0.15, 0.2) is 0 Å². The van der Waals surface area contributed by atoms with Crippen molar-refractivity contribution in [3.05, 3.63) is 89.0 Å². The smallest absolute Gasteiger partial charge is 0.338 e. The van der Waals surface area contributed by atoms with E-state index < -0.39 is 23.7 Å². The van der Waals surface area contributed by atoms with Gasteiger partial charge in [0.2, 0.25) is 0 Å². The number of fused-ring (bicyclic) bond motifs is 1. The van der Waals surface area contributed by atoms with Gasteiger partial charge in [-0.2, -0.15) is 0 Å². The quantitative estimate of drug-likeness (QED) is 0.218. The van der Waals surface area contributed by atoms with Crippen molar-refractivity contribution in [1.29, 1.82) is 0 Å². The molecule has 2 aliphatic rings. The van der Waals surface area contributed by atoms with Crippen LogP contribution in [-0.4, -0.2) is 56.7 Å². The lowest BCUT2D eigenvalue weighted by molar-refractivity contribution is -0.132. The summed E-state index contributed by atoms with van der Waals surface area (Å²) >= 11 is 0. The summed E-state index contributed by atoms with van der Waals surface area (Å²) in [4.78, 5) is 42.4. The number of rotatable bonds is 6. The number of esters is 1. The zero-order valence-corrected chi connectivity index (χ0v) is 21.8. The Morgan fingerprint density at radius 1 is 1.03 bits per heavy atom. The monoisotopic (exact) mass is 528 g/mol. The van der Waals surface area contributed by atoms with E-state index in [1.807, 2.05) is 11.9 Å². The van der Waals surface area contributed by atoms with Crippen molar-refractivity contribution < 1.29 is 33.7 Å². The molecular weight excluding hydrogens is 500 g/mol.